The molecule has 0 N–H and O–H groups in total. The Hall–Kier alpha value is -2.16. The van der Waals surface area contributed by atoms with Gasteiger partial charge in [0, 0.05) is 11.8 Å². The molecule has 0 aromatic heterocycles. The molecule has 0 saturated heterocycles. The highest BCUT2D eigenvalue weighted by atomic mass is 16.5. The Bertz CT molecular complexity index is 541. The number of hydrogen-bond donors (Lipinski definition) is 0. The van der Waals surface area contributed by atoms with E-state index in [0.29, 0.717) is 12.0 Å². The molecule has 0 saturated carbocycles. The maximum atomic E-state index is 11.4. The number of hydrogen-bond acceptors (Lipinski definition) is 3. The summed E-state index contributed by atoms with van der Waals surface area (Å²) in [6.45, 7) is 0. The monoisotopic (exact) mass is 228 g/mol. The van der Waals surface area contributed by atoms with E-state index < -0.39 is 0 Å². The quantitative estimate of drug-likeness (QED) is 0.459. The summed E-state index contributed by atoms with van der Waals surface area (Å²) in [5, 5.41) is 1.92. The molecule has 2 aromatic carbocycles. The Kier molecular flexibility index (Phi) is 3.50. The van der Waals surface area contributed by atoms with Gasteiger partial charge in [0.25, 0.3) is 0 Å². The van der Waals surface area contributed by atoms with E-state index in [1.807, 2.05) is 36.4 Å². The van der Waals surface area contributed by atoms with E-state index in [4.69, 9.17) is 4.74 Å². The topological polar surface area (TPSA) is 43.4 Å². The molecule has 2 aromatic rings. The van der Waals surface area contributed by atoms with Gasteiger partial charge in [-0.3, -0.25) is 4.79 Å². The first-order valence-electron chi connectivity index (χ1n) is 5.43. The number of carbonyl (C=O) groups excluding carboxylic acids is 2. The van der Waals surface area contributed by atoms with Gasteiger partial charge < -0.3 is 9.53 Å². The average Bonchev–Trinajstić information content (AvgIpc) is 2.37. The van der Waals surface area contributed by atoms with E-state index >= 15 is 0 Å². The number of fused-ring (bicyclic) bond motifs is 1. The van der Waals surface area contributed by atoms with E-state index in [2.05, 4.69) is 0 Å². The molecule has 0 aliphatic rings. The molecule has 0 atom stereocenters. The zero-order valence-corrected chi connectivity index (χ0v) is 9.26. The summed E-state index contributed by atoms with van der Waals surface area (Å²) in [4.78, 5) is 21.6. The summed E-state index contributed by atoms with van der Waals surface area (Å²) in [6.07, 6.45) is 1.03. The van der Waals surface area contributed by atoms with Crippen LogP contribution in [0.4, 0.5) is 0 Å². The second-order valence-electron chi connectivity index (χ2n) is 3.66. The Morgan fingerprint density at radius 1 is 1.12 bits per heavy atom. The molecule has 0 radical (unpaired) electrons. The van der Waals surface area contributed by atoms with Crippen molar-refractivity contribution in [2.24, 2.45) is 0 Å². The fourth-order valence-electron chi connectivity index (χ4n) is 1.64. The molecule has 3 heteroatoms. The van der Waals surface area contributed by atoms with Gasteiger partial charge in [-0.2, -0.15) is 0 Å². The molecule has 3 nitrogen and oxygen atoms in total. The summed E-state index contributed by atoms with van der Waals surface area (Å²) in [7, 11) is 0. The maximum absolute atomic E-state index is 11.4. The van der Waals surface area contributed by atoms with E-state index in [-0.39, 0.29) is 18.8 Å². The van der Waals surface area contributed by atoms with Crippen LogP contribution in [-0.2, 0) is 9.59 Å². The number of benzene rings is 2. The highest BCUT2D eigenvalue weighted by molar-refractivity contribution is 5.90. The van der Waals surface area contributed by atoms with Crippen molar-refractivity contribution in [3.05, 3.63) is 42.5 Å². The zero-order chi connectivity index (χ0) is 12.1. The van der Waals surface area contributed by atoms with E-state index in [9.17, 15) is 9.59 Å². The first-order valence-corrected chi connectivity index (χ1v) is 5.43. The lowest BCUT2D eigenvalue weighted by molar-refractivity contribution is -0.135. The SMILES string of the molecule is O=CCCC(=O)Oc1cccc2ccccc12. The van der Waals surface area contributed by atoms with Crippen molar-refractivity contribution in [3.63, 3.8) is 0 Å². The minimum absolute atomic E-state index is 0.118. The standard InChI is InChI=1S/C14H12O3/c15-10-4-9-14(16)17-13-8-3-6-11-5-1-2-7-12(11)13/h1-3,5-8,10H,4,9H2. The lowest BCUT2D eigenvalue weighted by Gasteiger charge is -2.06. The molecule has 0 amide bonds. The number of rotatable bonds is 4. The average molecular weight is 228 g/mol. The van der Waals surface area contributed by atoms with Crippen molar-refractivity contribution in [2.45, 2.75) is 12.8 Å². The third-order valence-electron chi connectivity index (χ3n) is 2.44. The molecular formula is C14H12O3. The molecule has 0 aliphatic heterocycles. The van der Waals surface area contributed by atoms with Crippen LogP contribution in [0.1, 0.15) is 12.8 Å². The van der Waals surface area contributed by atoms with Crippen LogP contribution < -0.4 is 4.74 Å². The highest BCUT2D eigenvalue weighted by Crippen LogP contribution is 2.25. The van der Waals surface area contributed by atoms with Crippen LogP contribution in [-0.4, -0.2) is 12.3 Å². The van der Waals surface area contributed by atoms with Crippen molar-refractivity contribution in [3.8, 4) is 5.75 Å². The van der Waals surface area contributed by atoms with Crippen molar-refractivity contribution < 1.29 is 14.3 Å². The summed E-state index contributed by atoms with van der Waals surface area (Å²) < 4.78 is 5.23. The Morgan fingerprint density at radius 2 is 1.88 bits per heavy atom. The minimum Gasteiger partial charge on any atom is -0.426 e. The van der Waals surface area contributed by atoms with Gasteiger partial charge in [-0.1, -0.05) is 36.4 Å². The zero-order valence-electron chi connectivity index (χ0n) is 9.26. The molecule has 0 unspecified atom stereocenters. The normalized spacial score (nSPS) is 10.1. The van der Waals surface area contributed by atoms with E-state index in [1.54, 1.807) is 6.07 Å². The van der Waals surface area contributed by atoms with Crippen LogP contribution in [0.15, 0.2) is 42.5 Å². The van der Waals surface area contributed by atoms with Crippen LogP contribution >= 0.6 is 0 Å². The van der Waals surface area contributed by atoms with Gasteiger partial charge >= 0.3 is 5.97 Å². The molecule has 86 valence electrons. The summed E-state index contributed by atoms with van der Waals surface area (Å²) in [5.74, 6) is 0.160. The molecular weight excluding hydrogens is 216 g/mol. The Balaban J connectivity index is 2.23. The van der Waals surface area contributed by atoms with Crippen LogP contribution in [0.25, 0.3) is 10.8 Å². The first kappa shape index (κ1) is 11.3. The molecule has 0 fully saturated rings. The number of aldehydes is 1. The van der Waals surface area contributed by atoms with Crippen LogP contribution in [0.3, 0.4) is 0 Å². The van der Waals surface area contributed by atoms with Crippen LogP contribution in [0.2, 0.25) is 0 Å². The van der Waals surface area contributed by atoms with Gasteiger partial charge in [0.05, 0.1) is 6.42 Å². The number of esters is 1. The van der Waals surface area contributed by atoms with E-state index in [1.165, 1.54) is 0 Å². The van der Waals surface area contributed by atoms with Gasteiger partial charge in [-0.25, -0.2) is 0 Å². The highest BCUT2D eigenvalue weighted by Gasteiger charge is 2.07. The predicted octanol–water partition coefficient (Wildman–Crippen LogP) is 2.72. The van der Waals surface area contributed by atoms with E-state index in [0.717, 1.165) is 10.8 Å². The molecule has 0 aliphatic carbocycles. The first-order chi connectivity index (χ1) is 8.31. The van der Waals surface area contributed by atoms with Crippen LogP contribution in [0.5, 0.6) is 5.75 Å². The Morgan fingerprint density at radius 3 is 2.71 bits per heavy atom. The maximum Gasteiger partial charge on any atom is 0.311 e. The third-order valence-corrected chi connectivity index (χ3v) is 2.44. The number of carbonyl (C=O) groups is 2. The third kappa shape index (κ3) is 2.69. The summed E-state index contributed by atoms with van der Waals surface area (Å²) in [5.41, 5.74) is 0. The van der Waals surface area contributed by atoms with Crippen molar-refractivity contribution in [2.75, 3.05) is 0 Å². The van der Waals surface area contributed by atoms with Crippen molar-refractivity contribution in [1.29, 1.82) is 0 Å². The van der Waals surface area contributed by atoms with Crippen molar-refractivity contribution in [1.82, 2.24) is 0 Å². The second-order valence-corrected chi connectivity index (χ2v) is 3.66. The predicted molar refractivity (Wildman–Crippen MR) is 64.9 cm³/mol. The molecule has 0 bridgehead atoms. The minimum atomic E-state index is -0.381. The van der Waals surface area contributed by atoms with Gasteiger partial charge in [0.15, 0.2) is 0 Å². The lowest BCUT2D eigenvalue weighted by atomic mass is 10.1. The molecule has 17 heavy (non-hydrogen) atoms. The number of ether oxygens (including phenoxy) is 1. The lowest BCUT2D eigenvalue weighted by Crippen LogP contribution is -2.07. The molecule has 0 heterocycles. The summed E-state index contributed by atoms with van der Waals surface area (Å²) in [6, 6.07) is 13.2. The van der Waals surface area contributed by atoms with Gasteiger partial charge in [0.2, 0.25) is 0 Å². The van der Waals surface area contributed by atoms with Crippen LogP contribution in [0, 0.1) is 0 Å². The summed E-state index contributed by atoms with van der Waals surface area (Å²) >= 11 is 0. The van der Waals surface area contributed by atoms with Gasteiger partial charge in [-0.15, -0.1) is 0 Å². The molecule has 0 spiro atoms. The fourth-order valence-corrected chi connectivity index (χ4v) is 1.64. The largest absolute Gasteiger partial charge is 0.426 e. The smallest absolute Gasteiger partial charge is 0.311 e. The second kappa shape index (κ2) is 5.25. The van der Waals surface area contributed by atoms with Gasteiger partial charge in [0.1, 0.15) is 12.0 Å². The Labute approximate surface area is 99.0 Å². The van der Waals surface area contributed by atoms with Crippen molar-refractivity contribution >= 4 is 23.0 Å². The molecule has 2 rings (SSSR count). The fraction of sp³-hybridized carbons (Fsp3) is 0.143. The van der Waals surface area contributed by atoms with Gasteiger partial charge in [-0.05, 0) is 11.5 Å².